The van der Waals surface area contributed by atoms with Crippen molar-refractivity contribution in [2.45, 2.75) is 32.9 Å². The number of halogens is 1. The Hall–Kier alpha value is -2.05. The first-order valence-corrected chi connectivity index (χ1v) is 7.92. The van der Waals surface area contributed by atoms with E-state index in [1.54, 1.807) is 0 Å². The Bertz CT molecular complexity index is 702. The first kappa shape index (κ1) is 18.3. The Morgan fingerprint density at radius 2 is 2.29 bits per heavy atom. The number of carbonyl (C=O) groups is 1. The molecule has 7 heteroatoms. The minimum Gasteiger partial charge on any atom is -0.489 e. The van der Waals surface area contributed by atoms with E-state index in [1.165, 1.54) is 0 Å². The van der Waals surface area contributed by atoms with E-state index in [0.717, 1.165) is 35.5 Å². The molecule has 1 aromatic carbocycles. The number of fused-ring (bicyclic) bond motifs is 1. The maximum atomic E-state index is 12.3. The van der Waals surface area contributed by atoms with Gasteiger partial charge in [-0.05, 0) is 31.5 Å². The van der Waals surface area contributed by atoms with Gasteiger partial charge in [-0.2, -0.15) is 5.10 Å². The van der Waals surface area contributed by atoms with E-state index in [4.69, 9.17) is 4.74 Å². The van der Waals surface area contributed by atoms with Crippen molar-refractivity contribution < 1.29 is 9.53 Å². The SMILES string of the molecule is Cc1cccc(OC(C)CNC(=O)c2n[nH]c3c2CNCC3)c1.Cl. The smallest absolute Gasteiger partial charge is 0.272 e. The highest BCUT2D eigenvalue weighted by Gasteiger charge is 2.21. The van der Waals surface area contributed by atoms with Gasteiger partial charge < -0.3 is 15.4 Å². The topological polar surface area (TPSA) is 79.0 Å². The van der Waals surface area contributed by atoms with Crippen molar-refractivity contribution in [2.75, 3.05) is 13.1 Å². The van der Waals surface area contributed by atoms with Gasteiger partial charge in [0, 0.05) is 30.8 Å². The number of rotatable bonds is 5. The van der Waals surface area contributed by atoms with Crippen molar-refractivity contribution in [2.24, 2.45) is 0 Å². The van der Waals surface area contributed by atoms with Gasteiger partial charge in [0.25, 0.3) is 5.91 Å². The van der Waals surface area contributed by atoms with Crippen LogP contribution in [0.5, 0.6) is 5.75 Å². The molecule has 0 radical (unpaired) electrons. The molecule has 1 aliphatic rings. The molecule has 1 unspecified atom stereocenters. The molecular formula is C17H23ClN4O2. The van der Waals surface area contributed by atoms with E-state index in [1.807, 2.05) is 38.1 Å². The van der Waals surface area contributed by atoms with Crippen LogP contribution in [0.15, 0.2) is 24.3 Å². The van der Waals surface area contributed by atoms with Gasteiger partial charge in [-0.1, -0.05) is 12.1 Å². The highest BCUT2D eigenvalue weighted by atomic mass is 35.5. The van der Waals surface area contributed by atoms with Gasteiger partial charge in [-0.3, -0.25) is 9.89 Å². The van der Waals surface area contributed by atoms with Gasteiger partial charge in [0.1, 0.15) is 11.9 Å². The lowest BCUT2D eigenvalue weighted by Crippen LogP contribution is -2.35. The zero-order chi connectivity index (χ0) is 16.2. The molecule has 0 aliphatic carbocycles. The highest BCUT2D eigenvalue weighted by molar-refractivity contribution is 5.94. The monoisotopic (exact) mass is 350 g/mol. The summed E-state index contributed by atoms with van der Waals surface area (Å²) in [5, 5.41) is 13.3. The summed E-state index contributed by atoms with van der Waals surface area (Å²) in [7, 11) is 0. The fourth-order valence-corrected chi connectivity index (χ4v) is 2.70. The molecule has 0 saturated carbocycles. The van der Waals surface area contributed by atoms with Crippen molar-refractivity contribution >= 4 is 18.3 Å². The predicted molar refractivity (Wildman–Crippen MR) is 94.8 cm³/mol. The summed E-state index contributed by atoms with van der Waals surface area (Å²) in [5.74, 6) is 0.652. The van der Waals surface area contributed by atoms with Crippen LogP contribution in [0.25, 0.3) is 0 Å². The molecule has 2 heterocycles. The normalized spacial score (nSPS) is 14.2. The summed E-state index contributed by atoms with van der Waals surface area (Å²) in [6.07, 6.45) is 0.760. The van der Waals surface area contributed by atoms with Gasteiger partial charge in [0.15, 0.2) is 5.69 Å². The van der Waals surface area contributed by atoms with E-state index >= 15 is 0 Å². The second-order valence-corrected chi connectivity index (χ2v) is 5.91. The number of hydrogen-bond donors (Lipinski definition) is 3. The molecule has 1 amide bonds. The molecule has 0 saturated heterocycles. The number of amides is 1. The van der Waals surface area contributed by atoms with Crippen molar-refractivity contribution in [1.29, 1.82) is 0 Å². The maximum absolute atomic E-state index is 12.3. The number of H-pyrrole nitrogens is 1. The maximum Gasteiger partial charge on any atom is 0.272 e. The van der Waals surface area contributed by atoms with E-state index in [-0.39, 0.29) is 24.4 Å². The Morgan fingerprint density at radius 3 is 3.08 bits per heavy atom. The molecular weight excluding hydrogens is 328 g/mol. The minimum atomic E-state index is -0.161. The molecule has 0 bridgehead atoms. The largest absolute Gasteiger partial charge is 0.489 e. The van der Waals surface area contributed by atoms with E-state index < -0.39 is 0 Å². The van der Waals surface area contributed by atoms with Crippen LogP contribution in [-0.4, -0.2) is 35.3 Å². The minimum absolute atomic E-state index is 0. The molecule has 1 aliphatic heterocycles. The van der Waals surface area contributed by atoms with Crippen LogP contribution in [-0.2, 0) is 13.0 Å². The fraction of sp³-hybridized carbons (Fsp3) is 0.412. The zero-order valence-electron chi connectivity index (χ0n) is 13.9. The Labute approximate surface area is 147 Å². The Kier molecular flexibility index (Phi) is 6.23. The lowest BCUT2D eigenvalue weighted by molar-refractivity contribution is 0.0926. The van der Waals surface area contributed by atoms with Gasteiger partial charge >= 0.3 is 0 Å². The molecule has 24 heavy (non-hydrogen) atoms. The number of nitrogens with zero attached hydrogens (tertiary/aromatic N) is 1. The second-order valence-electron chi connectivity index (χ2n) is 5.91. The quantitative estimate of drug-likeness (QED) is 0.770. The molecule has 6 nitrogen and oxygen atoms in total. The van der Waals surface area contributed by atoms with Crippen LogP contribution in [0.4, 0.5) is 0 Å². The van der Waals surface area contributed by atoms with E-state index in [2.05, 4.69) is 20.8 Å². The summed E-state index contributed by atoms with van der Waals surface area (Å²) < 4.78 is 5.82. The lowest BCUT2D eigenvalue weighted by Gasteiger charge is -2.16. The van der Waals surface area contributed by atoms with Gasteiger partial charge in [0.2, 0.25) is 0 Å². The number of carbonyl (C=O) groups excluding carboxylic acids is 1. The Balaban J connectivity index is 0.00000208. The van der Waals surface area contributed by atoms with E-state index in [0.29, 0.717) is 18.8 Å². The highest BCUT2D eigenvalue weighted by Crippen LogP contribution is 2.16. The molecule has 0 spiro atoms. The van der Waals surface area contributed by atoms with Crippen LogP contribution in [0, 0.1) is 6.92 Å². The first-order chi connectivity index (χ1) is 11.1. The molecule has 3 rings (SSSR count). The summed E-state index contributed by atoms with van der Waals surface area (Å²) in [4.78, 5) is 12.3. The van der Waals surface area contributed by atoms with Crippen LogP contribution >= 0.6 is 12.4 Å². The molecule has 1 aromatic heterocycles. The molecule has 2 aromatic rings. The Morgan fingerprint density at radius 1 is 1.46 bits per heavy atom. The number of aryl methyl sites for hydroxylation is 1. The van der Waals surface area contributed by atoms with Crippen molar-refractivity contribution in [1.82, 2.24) is 20.8 Å². The summed E-state index contributed by atoms with van der Waals surface area (Å²) >= 11 is 0. The first-order valence-electron chi connectivity index (χ1n) is 7.92. The zero-order valence-corrected chi connectivity index (χ0v) is 14.7. The van der Waals surface area contributed by atoms with Crippen LogP contribution < -0.4 is 15.4 Å². The van der Waals surface area contributed by atoms with Crippen molar-refractivity contribution in [3.8, 4) is 5.75 Å². The van der Waals surface area contributed by atoms with Crippen LogP contribution in [0.3, 0.4) is 0 Å². The van der Waals surface area contributed by atoms with E-state index in [9.17, 15) is 4.79 Å². The van der Waals surface area contributed by atoms with Crippen LogP contribution in [0.2, 0.25) is 0 Å². The molecule has 1 atom stereocenters. The van der Waals surface area contributed by atoms with Crippen LogP contribution in [0.1, 0.15) is 34.2 Å². The average molecular weight is 351 g/mol. The third-order valence-corrected chi connectivity index (χ3v) is 3.90. The molecule has 130 valence electrons. The standard InChI is InChI=1S/C17H22N4O2.ClH/c1-11-4-3-5-13(8-11)23-12(2)9-19-17(22)16-14-10-18-7-6-15(14)20-21-16;/h3-5,8,12,18H,6-7,9-10H2,1-2H3,(H,19,22)(H,20,21);1H. The third-order valence-electron chi connectivity index (χ3n) is 3.90. The number of aromatic nitrogens is 2. The van der Waals surface area contributed by atoms with Gasteiger partial charge in [-0.25, -0.2) is 0 Å². The summed E-state index contributed by atoms with van der Waals surface area (Å²) in [6, 6.07) is 7.88. The lowest BCUT2D eigenvalue weighted by atomic mass is 10.1. The number of hydrogen-bond acceptors (Lipinski definition) is 4. The molecule has 0 fully saturated rings. The average Bonchev–Trinajstić information content (AvgIpc) is 2.97. The van der Waals surface area contributed by atoms with Gasteiger partial charge in [-0.15, -0.1) is 12.4 Å². The number of nitrogens with one attached hydrogen (secondary N) is 3. The summed E-state index contributed by atoms with van der Waals surface area (Å²) in [5.41, 5.74) is 3.66. The predicted octanol–water partition coefficient (Wildman–Crippen LogP) is 1.98. The number of aromatic amines is 1. The van der Waals surface area contributed by atoms with Crippen molar-refractivity contribution in [3.05, 3.63) is 46.8 Å². The third kappa shape index (κ3) is 4.27. The summed E-state index contributed by atoms with van der Waals surface area (Å²) in [6.45, 7) is 5.99. The van der Waals surface area contributed by atoms with Crippen molar-refractivity contribution in [3.63, 3.8) is 0 Å². The number of ether oxygens (including phenoxy) is 1. The second kappa shape index (κ2) is 8.17. The molecule has 3 N–H and O–H groups in total. The fourth-order valence-electron chi connectivity index (χ4n) is 2.70. The number of benzene rings is 1. The van der Waals surface area contributed by atoms with Gasteiger partial charge in [0.05, 0.1) is 6.54 Å².